The number of piperidine rings is 1. The number of carbonyl (C=O) groups excluding carboxylic acids is 1. The molecular weight excluding hydrogens is 472 g/mol. The van der Waals surface area contributed by atoms with E-state index in [1.54, 1.807) is 18.2 Å². The van der Waals surface area contributed by atoms with Gasteiger partial charge in [-0.2, -0.15) is 5.10 Å². The van der Waals surface area contributed by atoms with Crippen molar-refractivity contribution in [1.82, 2.24) is 19.5 Å². The Bertz CT molecular complexity index is 1370. The molecule has 2 saturated heterocycles. The van der Waals surface area contributed by atoms with E-state index in [1.165, 1.54) is 12.7 Å². The van der Waals surface area contributed by atoms with Gasteiger partial charge < -0.3 is 14.5 Å². The zero-order valence-corrected chi connectivity index (χ0v) is 21.0. The predicted octanol–water partition coefficient (Wildman–Crippen LogP) is 3.94. The van der Waals surface area contributed by atoms with Crippen LogP contribution in [0.2, 0.25) is 5.02 Å². The van der Waals surface area contributed by atoms with Crippen LogP contribution < -0.4 is 9.62 Å². The minimum absolute atomic E-state index is 0.165. The van der Waals surface area contributed by atoms with Gasteiger partial charge in [-0.1, -0.05) is 11.6 Å². The third-order valence-corrected chi connectivity index (χ3v) is 7.32. The van der Waals surface area contributed by atoms with Crippen molar-refractivity contribution >= 4 is 50.2 Å². The van der Waals surface area contributed by atoms with E-state index in [0.29, 0.717) is 22.8 Å². The molecular formula is C24H29ClN6O2S. The van der Waals surface area contributed by atoms with Crippen molar-refractivity contribution in [3.8, 4) is 0 Å². The fourth-order valence-corrected chi connectivity index (χ4v) is 5.46. The molecule has 34 heavy (non-hydrogen) atoms. The Hall–Kier alpha value is -2.78. The first-order valence-corrected chi connectivity index (χ1v) is 14.0. The van der Waals surface area contributed by atoms with Crippen molar-refractivity contribution in [2.75, 3.05) is 35.5 Å². The van der Waals surface area contributed by atoms with Crippen LogP contribution in [-0.4, -0.2) is 61.4 Å². The third-order valence-electron chi connectivity index (χ3n) is 6.43. The normalized spacial score (nSPS) is 20.1. The molecule has 1 unspecified atom stereocenters. The zero-order chi connectivity index (χ0) is 24.0. The van der Waals surface area contributed by atoms with Gasteiger partial charge in [0.15, 0.2) is 5.65 Å². The number of aryl methyl sites for hydroxylation is 1. The molecule has 2 aliphatic rings. The molecule has 0 bridgehead atoms. The van der Waals surface area contributed by atoms with Gasteiger partial charge in [-0.15, -0.1) is 0 Å². The maximum Gasteiger partial charge on any atom is 0.256 e. The van der Waals surface area contributed by atoms with E-state index in [1.807, 2.05) is 22.4 Å². The van der Waals surface area contributed by atoms with E-state index in [0.717, 1.165) is 55.2 Å². The molecule has 0 aliphatic carbocycles. The number of nitrogens with zero attached hydrogens (tertiary/aromatic N) is 5. The average Bonchev–Trinajstić information content (AvgIpc) is 3.17. The van der Waals surface area contributed by atoms with Crippen LogP contribution in [0, 0.1) is 6.92 Å². The summed E-state index contributed by atoms with van der Waals surface area (Å²) in [6, 6.07) is 8.87. The number of fused-ring (bicyclic) bond motifs is 1. The number of hydrogen-bond acceptors (Lipinski definition) is 5. The summed E-state index contributed by atoms with van der Waals surface area (Å²) in [6.07, 6.45) is 5.43. The molecule has 0 spiro atoms. The number of hydrogen-bond donors (Lipinski definition) is 1. The summed E-state index contributed by atoms with van der Waals surface area (Å²) in [5.74, 6) is 4.47. The van der Waals surface area contributed by atoms with Gasteiger partial charge in [-0.25, -0.2) is 13.7 Å². The molecule has 8 nitrogen and oxygen atoms in total. The van der Waals surface area contributed by atoms with Crippen LogP contribution in [0.25, 0.3) is 5.65 Å². The van der Waals surface area contributed by atoms with Gasteiger partial charge in [0.05, 0.1) is 23.0 Å². The molecule has 2 aliphatic heterocycles. The van der Waals surface area contributed by atoms with Crippen LogP contribution in [0.1, 0.15) is 53.5 Å². The number of anilines is 2. The van der Waals surface area contributed by atoms with Crippen molar-refractivity contribution in [2.24, 2.45) is 0 Å². The summed E-state index contributed by atoms with van der Waals surface area (Å²) in [6.45, 7) is 4.70. The Morgan fingerprint density at radius 1 is 1.18 bits per heavy atom. The van der Waals surface area contributed by atoms with Gasteiger partial charge in [0.2, 0.25) is 0 Å². The quantitative estimate of drug-likeness (QED) is 0.536. The largest absolute Gasteiger partial charge is 0.356 e. The summed E-state index contributed by atoms with van der Waals surface area (Å²) in [5.41, 5.74) is 3.49. The summed E-state index contributed by atoms with van der Waals surface area (Å²) >= 11 is 6.24. The van der Waals surface area contributed by atoms with E-state index < -0.39 is 9.71 Å². The lowest BCUT2D eigenvalue weighted by Gasteiger charge is -2.35. The van der Waals surface area contributed by atoms with E-state index in [4.69, 9.17) is 21.7 Å². The highest BCUT2D eigenvalue weighted by atomic mass is 35.5. The smallest absolute Gasteiger partial charge is 0.256 e. The molecule has 2 aromatic heterocycles. The van der Waals surface area contributed by atoms with E-state index >= 15 is 0 Å². The Kier molecular flexibility index (Phi) is 5.93. The first-order chi connectivity index (χ1) is 16.2. The fraction of sp³-hybridized carbons (Fsp3) is 0.417. The number of rotatable bonds is 5. The van der Waals surface area contributed by atoms with E-state index in [-0.39, 0.29) is 11.9 Å². The molecule has 1 amide bonds. The number of likely N-dealkylation sites (tertiary alicyclic amines) is 1. The molecule has 1 aromatic carbocycles. The Morgan fingerprint density at radius 3 is 2.68 bits per heavy atom. The summed E-state index contributed by atoms with van der Waals surface area (Å²) in [5, 5.41) is 5.29. The molecule has 5 rings (SSSR count). The van der Waals surface area contributed by atoms with E-state index in [2.05, 4.69) is 21.6 Å². The van der Waals surface area contributed by atoms with Crippen molar-refractivity contribution in [3.63, 3.8) is 0 Å². The second kappa shape index (κ2) is 8.78. The maximum absolute atomic E-state index is 13.8. The number of halogens is 1. The van der Waals surface area contributed by atoms with Crippen molar-refractivity contribution in [2.45, 2.75) is 38.6 Å². The van der Waals surface area contributed by atoms with Crippen LogP contribution in [0.3, 0.4) is 0 Å². The van der Waals surface area contributed by atoms with Crippen molar-refractivity contribution in [3.05, 3.63) is 52.3 Å². The number of aromatic nitrogens is 3. The lowest BCUT2D eigenvalue weighted by molar-refractivity contribution is 0.0607. The lowest BCUT2D eigenvalue weighted by Crippen LogP contribution is -2.39. The van der Waals surface area contributed by atoms with Gasteiger partial charge >= 0.3 is 0 Å². The number of amides is 1. The monoisotopic (exact) mass is 500 g/mol. The molecule has 180 valence electrons. The Balaban J connectivity index is 1.51. The van der Waals surface area contributed by atoms with Gasteiger partial charge in [-0.3, -0.25) is 4.79 Å². The zero-order valence-electron chi connectivity index (χ0n) is 19.5. The Labute approximate surface area is 205 Å². The highest BCUT2D eigenvalue weighted by molar-refractivity contribution is 8.00. The third kappa shape index (κ3) is 4.46. The lowest BCUT2D eigenvalue weighted by atomic mass is 9.98. The van der Waals surface area contributed by atoms with Crippen LogP contribution in [0.4, 0.5) is 11.5 Å². The second-order valence-electron chi connectivity index (χ2n) is 9.24. The Morgan fingerprint density at radius 2 is 1.97 bits per heavy atom. The minimum Gasteiger partial charge on any atom is -0.356 e. The molecule has 2 atom stereocenters. The first kappa shape index (κ1) is 23.0. The topological polar surface area (TPSA) is 82.8 Å². The van der Waals surface area contributed by atoms with Crippen molar-refractivity contribution < 1.29 is 9.00 Å². The minimum atomic E-state index is -2.56. The molecule has 10 heteroatoms. The van der Waals surface area contributed by atoms with E-state index in [9.17, 15) is 9.00 Å². The molecule has 0 radical (unpaired) electrons. The van der Waals surface area contributed by atoms with Crippen LogP contribution >= 0.6 is 11.6 Å². The molecule has 2 fully saturated rings. The van der Waals surface area contributed by atoms with Crippen LogP contribution in [-0.2, 0) is 9.71 Å². The number of carbonyl (C=O) groups is 1. The number of nitrogens with one attached hydrogen (secondary N) is 1. The summed E-state index contributed by atoms with van der Waals surface area (Å²) in [4.78, 5) is 22.7. The maximum atomic E-state index is 13.8. The molecule has 3 aromatic rings. The first-order valence-electron chi connectivity index (χ1n) is 11.5. The number of benzene rings is 1. The highest BCUT2D eigenvalue weighted by Crippen LogP contribution is 2.34. The fourth-order valence-electron chi connectivity index (χ4n) is 4.65. The van der Waals surface area contributed by atoms with Gasteiger partial charge in [0, 0.05) is 58.4 Å². The average molecular weight is 501 g/mol. The highest BCUT2D eigenvalue weighted by Gasteiger charge is 2.32. The predicted molar refractivity (Wildman–Crippen MR) is 138 cm³/mol. The summed E-state index contributed by atoms with van der Waals surface area (Å²) in [7, 11) is -2.56. The van der Waals surface area contributed by atoms with Gasteiger partial charge in [0.25, 0.3) is 5.91 Å². The standard InChI is InChI=1S/C24H29ClN6O2S/c1-16-13-22(29-10-6-11-29)26-23-15-20(27-31(16)23)21-7-4-5-12-30(21)24(32)18-14-17(25)8-9-19(18)28-34(2,3)33/h8-9,13-15,21H,2,4-7,10-12H2,1,3H3,(H,28,33)/t21-,34?/m0/s1. The van der Waals surface area contributed by atoms with Crippen molar-refractivity contribution in [1.29, 1.82) is 0 Å². The molecule has 1 N–H and O–H groups in total. The van der Waals surface area contributed by atoms with Gasteiger partial charge in [0.1, 0.15) is 5.82 Å². The SMILES string of the molecule is C=S(C)(=O)Nc1ccc(Cl)cc1C(=O)N1CCCC[C@H]1c1cc2nc(N3CCC3)cc(C)n2n1. The second-order valence-corrected chi connectivity index (χ2v) is 11.9. The molecule has 4 heterocycles. The summed E-state index contributed by atoms with van der Waals surface area (Å²) < 4.78 is 17.1. The van der Waals surface area contributed by atoms with Gasteiger partial charge in [-0.05, 0) is 56.7 Å². The van der Waals surface area contributed by atoms with Crippen LogP contribution in [0.5, 0.6) is 0 Å². The van der Waals surface area contributed by atoms with Crippen LogP contribution in [0.15, 0.2) is 30.3 Å². The molecule has 0 saturated carbocycles.